The predicted octanol–water partition coefficient (Wildman–Crippen LogP) is 3.16. The summed E-state index contributed by atoms with van der Waals surface area (Å²) in [6.45, 7) is 2.02. The van der Waals surface area contributed by atoms with Gasteiger partial charge in [-0.05, 0) is 36.4 Å². The Morgan fingerprint density at radius 3 is 2.68 bits per heavy atom. The van der Waals surface area contributed by atoms with E-state index in [2.05, 4.69) is 10.3 Å². The number of anilines is 1. The molecule has 0 saturated heterocycles. The molecule has 22 heavy (non-hydrogen) atoms. The first-order chi connectivity index (χ1) is 10.7. The number of pyridine rings is 1. The largest absolute Gasteiger partial charge is 0.497 e. The van der Waals surface area contributed by atoms with Crippen LogP contribution in [0.1, 0.15) is 23.2 Å². The van der Waals surface area contributed by atoms with Gasteiger partial charge in [0.2, 0.25) is 0 Å². The van der Waals surface area contributed by atoms with Gasteiger partial charge in [-0.2, -0.15) is 0 Å². The Bertz CT molecular complexity index is 806. The van der Waals surface area contributed by atoms with Crippen molar-refractivity contribution in [1.29, 1.82) is 0 Å². The number of benzene rings is 1. The number of hydrogen-bond acceptors (Lipinski definition) is 3. The number of amides is 1. The standard InChI is InChI=1S/C17H17N3O2/c1-3-15-19-16(14-6-4-5-11-20(14)15)17(21)18-12-7-9-13(22-2)10-8-12/h4-11H,3H2,1-2H3,(H,18,21). The number of aryl methyl sites for hydroxylation is 1. The highest BCUT2D eigenvalue weighted by Crippen LogP contribution is 2.18. The molecule has 1 amide bonds. The number of nitrogens with zero attached hydrogens (tertiary/aromatic N) is 2. The van der Waals surface area contributed by atoms with Gasteiger partial charge in [0.05, 0.1) is 12.6 Å². The minimum absolute atomic E-state index is 0.214. The summed E-state index contributed by atoms with van der Waals surface area (Å²) in [5, 5.41) is 2.87. The van der Waals surface area contributed by atoms with Crippen LogP contribution in [-0.4, -0.2) is 22.4 Å². The zero-order valence-electron chi connectivity index (χ0n) is 12.5. The molecular formula is C17H17N3O2. The van der Waals surface area contributed by atoms with E-state index < -0.39 is 0 Å². The maximum atomic E-state index is 12.5. The average Bonchev–Trinajstić information content (AvgIpc) is 2.94. The number of carbonyl (C=O) groups excluding carboxylic acids is 1. The number of hydrogen-bond donors (Lipinski definition) is 1. The molecule has 2 heterocycles. The number of rotatable bonds is 4. The monoisotopic (exact) mass is 295 g/mol. The van der Waals surface area contributed by atoms with Crippen LogP contribution in [0.25, 0.3) is 5.52 Å². The van der Waals surface area contributed by atoms with Gasteiger partial charge in [0.1, 0.15) is 11.6 Å². The summed E-state index contributed by atoms with van der Waals surface area (Å²) >= 11 is 0. The minimum Gasteiger partial charge on any atom is -0.497 e. The third-order valence-electron chi connectivity index (χ3n) is 3.50. The van der Waals surface area contributed by atoms with Crippen LogP contribution in [0.4, 0.5) is 5.69 Å². The Balaban J connectivity index is 1.91. The summed E-state index contributed by atoms with van der Waals surface area (Å²) in [5.41, 5.74) is 1.96. The van der Waals surface area contributed by atoms with Crippen molar-refractivity contribution >= 4 is 17.1 Å². The van der Waals surface area contributed by atoms with Crippen LogP contribution in [-0.2, 0) is 6.42 Å². The molecule has 112 valence electrons. The van der Waals surface area contributed by atoms with Crippen molar-refractivity contribution < 1.29 is 9.53 Å². The molecule has 0 saturated carbocycles. The van der Waals surface area contributed by atoms with E-state index in [1.165, 1.54) is 0 Å². The van der Waals surface area contributed by atoms with E-state index in [9.17, 15) is 4.79 Å². The van der Waals surface area contributed by atoms with Gasteiger partial charge >= 0.3 is 0 Å². The van der Waals surface area contributed by atoms with Gasteiger partial charge in [0.15, 0.2) is 5.69 Å². The molecule has 0 fully saturated rings. The fraction of sp³-hybridized carbons (Fsp3) is 0.176. The van der Waals surface area contributed by atoms with Gasteiger partial charge < -0.3 is 14.5 Å². The van der Waals surface area contributed by atoms with Crippen molar-refractivity contribution in [1.82, 2.24) is 9.38 Å². The number of imidazole rings is 1. The third-order valence-corrected chi connectivity index (χ3v) is 3.50. The zero-order chi connectivity index (χ0) is 15.5. The number of carbonyl (C=O) groups is 1. The van der Waals surface area contributed by atoms with Gasteiger partial charge in [-0.15, -0.1) is 0 Å². The number of methoxy groups -OCH3 is 1. The SMILES string of the molecule is CCc1nc(C(=O)Nc2ccc(OC)cc2)c2ccccn12. The second-order valence-corrected chi connectivity index (χ2v) is 4.87. The summed E-state index contributed by atoms with van der Waals surface area (Å²) in [6, 6.07) is 12.9. The highest BCUT2D eigenvalue weighted by atomic mass is 16.5. The maximum absolute atomic E-state index is 12.5. The summed E-state index contributed by atoms with van der Waals surface area (Å²) in [5.74, 6) is 1.41. The fourth-order valence-electron chi connectivity index (χ4n) is 2.38. The van der Waals surface area contributed by atoms with Crippen LogP contribution in [0, 0.1) is 0 Å². The molecule has 0 aliphatic heterocycles. The fourth-order valence-corrected chi connectivity index (χ4v) is 2.38. The van der Waals surface area contributed by atoms with Crippen molar-refractivity contribution in [3.05, 3.63) is 60.2 Å². The Kier molecular flexibility index (Phi) is 3.78. The van der Waals surface area contributed by atoms with Crippen LogP contribution < -0.4 is 10.1 Å². The Morgan fingerprint density at radius 1 is 1.23 bits per heavy atom. The van der Waals surface area contributed by atoms with Crippen LogP contribution in [0.3, 0.4) is 0 Å². The summed E-state index contributed by atoms with van der Waals surface area (Å²) in [6.07, 6.45) is 2.69. The molecule has 0 atom stereocenters. The quantitative estimate of drug-likeness (QED) is 0.804. The smallest absolute Gasteiger partial charge is 0.276 e. The molecule has 5 nitrogen and oxygen atoms in total. The average molecular weight is 295 g/mol. The molecule has 3 rings (SSSR count). The van der Waals surface area contributed by atoms with Gasteiger partial charge in [-0.3, -0.25) is 4.79 Å². The van der Waals surface area contributed by atoms with Crippen molar-refractivity contribution in [2.45, 2.75) is 13.3 Å². The van der Waals surface area contributed by atoms with E-state index in [0.29, 0.717) is 11.4 Å². The second-order valence-electron chi connectivity index (χ2n) is 4.87. The minimum atomic E-state index is -0.214. The highest BCUT2D eigenvalue weighted by molar-refractivity contribution is 6.07. The van der Waals surface area contributed by atoms with E-state index in [1.807, 2.05) is 35.7 Å². The number of aromatic nitrogens is 2. The van der Waals surface area contributed by atoms with E-state index in [-0.39, 0.29) is 5.91 Å². The Hall–Kier alpha value is -2.82. The van der Waals surface area contributed by atoms with E-state index in [0.717, 1.165) is 23.5 Å². The molecule has 0 bridgehead atoms. The summed E-state index contributed by atoms with van der Waals surface area (Å²) < 4.78 is 7.05. The van der Waals surface area contributed by atoms with E-state index in [1.54, 1.807) is 31.4 Å². The molecule has 2 aromatic heterocycles. The second kappa shape index (κ2) is 5.89. The van der Waals surface area contributed by atoms with Crippen LogP contribution in [0.2, 0.25) is 0 Å². The number of nitrogens with one attached hydrogen (secondary N) is 1. The first kappa shape index (κ1) is 14.1. The van der Waals surface area contributed by atoms with Gasteiger partial charge in [0.25, 0.3) is 5.91 Å². The van der Waals surface area contributed by atoms with Crippen molar-refractivity contribution in [3.63, 3.8) is 0 Å². The molecule has 3 aromatic rings. The van der Waals surface area contributed by atoms with Gasteiger partial charge in [-0.25, -0.2) is 4.98 Å². The lowest BCUT2D eigenvalue weighted by Gasteiger charge is -2.05. The summed E-state index contributed by atoms with van der Waals surface area (Å²) in [4.78, 5) is 17.0. The molecule has 1 aromatic carbocycles. The van der Waals surface area contributed by atoms with Crippen LogP contribution in [0.15, 0.2) is 48.7 Å². The van der Waals surface area contributed by atoms with Crippen molar-refractivity contribution in [3.8, 4) is 5.75 Å². The molecule has 0 aliphatic carbocycles. The Morgan fingerprint density at radius 2 is 2.00 bits per heavy atom. The molecule has 1 N–H and O–H groups in total. The normalized spacial score (nSPS) is 10.6. The molecular weight excluding hydrogens is 278 g/mol. The lowest BCUT2D eigenvalue weighted by Crippen LogP contribution is -2.12. The van der Waals surface area contributed by atoms with Gasteiger partial charge in [0, 0.05) is 18.3 Å². The van der Waals surface area contributed by atoms with Crippen molar-refractivity contribution in [2.75, 3.05) is 12.4 Å². The van der Waals surface area contributed by atoms with E-state index >= 15 is 0 Å². The van der Waals surface area contributed by atoms with E-state index in [4.69, 9.17) is 4.74 Å². The molecule has 5 heteroatoms. The van der Waals surface area contributed by atoms with Crippen LogP contribution in [0.5, 0.6) is 5.75 Å². The third kappa shape index (κ3) is 2.53. The predicted molar refractivity (Wildman–Crippen MR) is 85.5 cm³/mol. The topological polar surface area (TPSA) is 55.6 Å². The maximum Gasteiger partial charge on any atom is 0.276 e. The first-order valence-corrected chi connectivity index (χ1v) is 7.14. The Labute approximate surface area is 128 Å². The highest BCUT2D eigenvalue weighted by Gasteiger charge is 2.16. The molecule has 0 radical (unpaired) electrons. The zero-order valence-corrected chi connectivity index (χ0v) is 12.5. The van der Waals surface area contributed by atoms with Crippen LogP contribution >= 0.6 is 0 Å². The number of ether oxygens (including phenoxy) is 1. The number of fused-ring (bicyclic) bond motifs is 1. The molecule has 0 spiro atoms. The van der Waals surface area contributed by atoms with Crippen molar-refractivity contribution in [2.24, 2.45) is 0 Å². The first-order valence-electron chi connectivity index (χ1n) is 7.14. The lowest BCUT2D eigenvalue weighted by atomic mass is 10.2. The molecule has 0 unspecified atom stereocenters. The lowest BCUT2D eigenvalue weighted by molar-refractivity contribution is 0.102. The summed E-state index contributed by atoms with van der Waals surface area (Å²) in [7, 11) is 1.61. The molecule has 0 aliphatic rings. The van der Waals surface area contributed by atoms with Gasteiger partial charge in [-0.1, -0.05) is 13.0 Å².